The van der Waals surface area contributed by atoms with E-state index in [9.17, 15) is 8.78 Å². The van der Waals surface area contributed by atoms with Crippen LogP contribution in [0.4, 0.5) is 20.2 Å². The summed E-state index contributed by atoms with van der Waals surface area (Å²) >= 11 is 0. The molecule has 4 aromatic rings. The summed E-state index contributed by atoms with van der Waals surface area (Å²) in [5.74, 6) is -0.747. The van der Waals surface area contributed by atoms with Gasteiger partial charge in [-0.05, 0) is 66.1 Å². The zero-order chi connectivity index (χ0) is 25.8. The average Bonchev–Trinajstić information content (AvgIpc) is 3.77. The number of pyridine rings is 2. The maximum Gasteiger partial charge on any atom is 0.126 e. The van der Waals surface area contributed by atoms with Gasteiger partial charge in [-0.25, -0.2) is 8.78 Å². The van der Waals surface area contributed by atoms with E-state index in [2.05, 4.69) is 21.3 Å². The molecule has 2 aliphatic heterocycles. The summed E-state index contributed by atoms with van der Waals surface area (Å²) in [6, 6.07) is 10.0. The second-order valence-electron chi connectivity index (χ2n) is 10.6. The maximum atomic E-state index is 14.3. The second kappa shape index (κ2) is 9.29. The van der Waals surface area contributed by atoms with Crippen molar-refractivity contribution in [2.75, 3.05) is 36.9 Å². The molecule has 2 atom stereocenters. The van der Waals surface area contributed by atoms with Crippen molar-refractivity contribution in [3.05, 3.63) is 72.2 Å². The number of rotatable bonds is 4. The van der Waals surface area contributed by atoms with Gasteiger partial charge in [-0.3, -0.25) is 9.97 Å². The van der Waals surface area contributed by atoms with Crippen molar-refractivity contribution in [1.82, 2.24) is 15.3 Å². The van der Waals surface area contributed by atoms with E-state index in [1.807, 2.05) is 24.5 Å². The molecule has 38 heavy (non-hydrogen) atoms. The summed E-state index contributed by atoms with van der Waals surface area (Å²) in [6.45, 7) is 2.98. The molecule has 4 heterocycles. The molecule has 1 unspecified atom stereocenters. The minimum Gasteiger partial charge on any atom is -0.398 e. The molecule has 2 aromatic carbocycles. The number of nitrogens with zero attached hydrogens (tertiary/aromatic N) is 3. The molecule has 8 heteroatoms. The van der Waals surface area contributed by atoms with Gasteiger partial charge in [-0.15, -0.1) is 0 Å². The Morgan fingerprint density at radius 1 is 0.947 bits per heavy atom. The van der Waals surface area contributed by atoms with E-state index in [0.29, 0.717) is 36.2 Å². The molecule has 7 rings (SSSR count). The standard InChI is InChI=1S/C30H29F2N5O/c31-20-9-19(10-21(32)12-20)25-15-36-26-4-3-18(24-14-34-13-23(29(24)33)17-1-2-17)11-22(26)30(25)37-7-5-27-28(16-37)38-8-6-35-27/h3-4,9-15,17,27-28,35H,1-2,5-8,16H2,(H2,33,34)/t27?,28-/m1/s1. The minimum atomic E-state index is -0.617. The monoisotopic (exact) mass is 513 g/mol. The number of piperidine rings is 1. The number of anilines is 2. The van der Waals surface area contributed by atoms with Gasteiger partial charge in [0.2, 0.25) is 0 Å². The maximum absolute atomic E-state index is 14.3. The van der Waals surface area contributed by atoms with E-state index in [-0.39, 0.29) is 6.10 Å². The van der Waals surface area contributed by atoms with Crippen molar-refractivity contribution >= 4 is 22.3 Å². The highest BCUT2D eigenvalue weighted by Crippen LogP contribution is 2.45. The highest BCUT2D eigenvalue weighted by Gasteiger charge is 2.34. The third kappa shape index (κ3) is 4.18. The molecule has 3 fully saturated rings. The van der Waals surface area contributed by atoms with Gasteiger partial charge in [0.1, 0.15) is 11.6 Å². The Hall–Kier alpha value is -3.62. The first kappa shape index (κ1) is 23.5. The number of morpholine rings is 1. The number of halogens is 2. The van der Waals surface area contributed by atoms with Crippen LogP contribution in [-0.2, 0) is 4.74 Å². The van der Waals surface area contributed by atoms with E-state index < -0.39 is 11.6 Å². The molecular formula is C30H29F2N5O. The van der Waals surface area contributed by atoms with Crippen LogP contribution in [0, 0.1) is 11.6 Å². The highest BCUT2D eigenvalue weighted by atomic mass is 19.1. The summed E-state index contributed by atoms with van der Waals surface area (Å²) < 4.78 is 34.8. The number of ether oxygens (including phenoxy) is 1. The van der Waals surface area contributed by atoms with Crippen molar-refractivity contribution in [2.45, 2.75) is 37.3 Å². The normalized spacial score (nSPS) is 21.5. The van der Waals surface area contributed by atoms with Crippen molar-refractivity contribution in [1.29, 1.82) is 0 Å². The van der Waals surface area contributed by atoms with Crippen LogP contribution in [0.3, 0.4) is 0 Å². The molecule has 194 valence electrons. The van der Waals surface area contributed by atoms with Crippen LogP contribution in [0.1, 0.15) is 30.7 Å². The van der Waals surface area contributed by atoms with Gasteiger partial charge < -0.3 is 20.7 Å². The molecule has 2 saturated heterocycles. The van der Waals surface area contributed by atoms with Gasteiger partial charge in [0.25, 0.3) is 0 Å². The van der Waals surface area contributed by atoms with Gasteiger partial charge in [0.05, 0.1) is 23.9 Å². The molecule has 0 spiro atoms. The quantitative estimate of drug-likeness (QED) is 0.387. The number of fused-ring (bicyclic) bond motifs is 2. The van der Waals surface area contributed by atoms with Crippen LogP contribution in [-0.4, -0.2) is 48.4 Å². The number of nitrogen functional groups attached to an aromatic ring is 1. The fraction of sp³-hybridized carbons (Fsp3) is 0.333. The fourth-order valence-corrected chi connectivity index (χ4v) is 6.02. The Kier molecular flexibility index (Phi) is 5.74. The van der Waals surface area contributed by atoms with Gasteiger partial charge in [-0.1, -0.05) is 6.07 Å². The number of nitrogens with two attached hydrogens (primary N) is 1. The second-order valence-corrected chi connectivity index (χ2v) is 10.6. The minimum absolute atomic E-state index is 0.0380. The third-order valence-corrected chi connectivity index (χ3v) is 8.08. The van der Waals surface area contributed by atoms with Crippen molar-refractivity contribution in [3.63, 3.8) is 0 Å². The lowest BCUT2D eigenvalue weighted by molar-refractivity contribution is -0.00896. The lowest BCUT2D eigenvalue weighted by Gasteiger charge is -2.43. The van der Waals surface area contributed by atoms with E-state index in [4.69, 9.17) is 15.5 Å². The number of hydrogen-bond acceptors (Lipinski definition) is 6. The predicted octanol–water partition coefficient (Wildman–Crippen LogP) is 5.27. The van der Waals surface area contributed by atoms with Crippen LogP contribution in [0.15, 0.2) is 55.0 Å². The lowest BCUT2D eigenvalue weighted by atomic mass is 9.94. The van der Waals surface area contributed by atoms with Crippen LogP contribution in [0.5, 0.6) is 0 Å². The van der Waals surface area contributed by atoms with E-state index in [1.54, 1.807) is 6.20 Å². The summed E-state index contributed by atoms with van der Waals surface area (Å²) in [7, 11) is 0. The number of nitrogens with one attached hydrogen (secondary N) is 1. The molecule has 1 saturated carbocycles. The van der Waals surface area contributed by atoms with Gasteiger partial charge >= 0.3 is 0 Å². The van der Waals surface area contributed by atoms with Crippen molar-refractivity contribution in [3.8, 4) is 22.3 Å². The first-order valence-corrected chi connectivity index (χ1v) is 13.3. The van der Waals surface area contributed by atoms with Gasteiger partial charge in [0.15, 0.2) is 0 Å². The Labute approximate surface area is 219 Å². The SMILES string of the molecule is Nc1c(-c2ccc3ncc(-c4cc(F)cc(F)c4)c(N4CCC5NCCO[C@@H]5C4)c3c2)cncc1C1CC1. The average molecular weight is 514 g/mol. The van der Waals surface area contributed by atoms with Gasteiger partial charge in [0, 0.05) is 72.5 Å². The Bertz CT molecular complexity index is 1520. The summed E-state index contributed by atoms with van der Waals surface area (Å²) in [5.41, 5.74) is 13.2. The first-order valence-electron chi connectivity index (χ1n) is 13.3. The smallest absolute Gasteiger partial charge is 0.126 e. The number of aromatic nitrogens is 2. The van der Waals surface area contributed by atoms with Crippen LogP contribution in [0.25, 0.3) is 33.2 Å². The summed E-state index contributed by atoms with van der Waals surface area (Å²) in [6.07, 6.45) is 8.65. The lowest BCUT2D eigenvalue weighted by Crippen LogP contribution is -2.57. The van der Waals surface area contributed by atoms with Crippen LogP contribution in [0.2, 0.25) is 0 Å². The van der Waals surface area contributed by atoms with E-state index >= 15 is 0 Å². The first-order chi connectivity index (χ1) is 18.5. The molecule has 3 N–H and O–H groups in total. The molecule has 3 aliphatic rings. The molecule has 1 aliphatic carbocycles. The van der Waals surface area contributed by atoms with E-state index in [0.717, 1.165) is 77.4 Å². The molecule has 0 radical (unpaired) electrons. The summed E-state index contributed by atoms with van der Waals surface area (Å²) in [4.78, 5) is 11.5. The fourth-order valence-electron chi connectivity index (χ4n) is 6.02. The van der Waals surface area contributed by atoms with E-state index in [1.165, 1.54) is 12.1 Å². The molecule has 0 bridgehead atoms. The Balaban J connectivity index is 1.41. The van der Waals surface area contributed by atoms with Crippen molar-refractivity contribution in [2.24, 2.45) is 0 Å². The zero-order valence-electron chi connectivity index (χ0n) is 21.0. The van der Waals surface area contributed by atoms with Crippen LogP contribution < -0.4 is 16.0 Å². The predicted molar refractivity (Wildman–Crippen MR) is 145 cm³/mol. The number of benzene rings is 2. The highest BCUT2D eigenvalue weighted by molar-refractivity contribution is 6.02. The Morgan fingerprint density at radius 3 is 2.61 bits per heavy atom. The topological polar surface area (TPSA) is 76.3 Å². The van der Waals surface area contributed by atoms with Crippen LogP contribution >= 0.6 is 0 Å². The van der Waals surface area contributed by atoms with Gasteiger partial charge in [-0.2, -0.15) is 0 Å². The molecule has 0 amide bonds. The molecular weight excluding hydrogens is 484 g/mol. The summed E-state index contributed by atoms with van der Waals surface area (Å²) in [5, 5.41) is 4.47. The largest absolute Gasteiger partial charge is 0.398 e. The molecule has 2 aromatic heterocycles. The zero-order valence-corrected chi connectivity index (χ0v) is 21.0. The third-order valence-electron chi connectivity index (χ3n) is 8.08. The molecule has 6 nitrogen and oxygen atoms in total. The number of hydrogen-bond donors (Lipinski definition) is 2. The van der Waals surface area contributed by atoms with Crippen molar-refractivity contribution < 1.29 is 13.5 Å². The Morgan fingerprint density at radius 2 is 1.79 bits per heavy atom.